The maximum atomic E-state index is 5.58. The third kappa shape index (κ3) is 4.52. The third-order valence-corrected chi connectivity index (χ3v) is 2.61. The van der Waals surface area contributed by atoms with E-state index in [1.54, 1.807) is 14.2 Å². The third-order valence-electron chi connectivity index (χ3n) is 2.61. The Morgan fingerprint density at radius 1 is 0.765 bits per heavy atom. The van der Waals surface area contributed by atoms with Crippen LogP contribution in [0.25, 0.3) is 0 Å². The summed E-state index contributed by atoms with van der Waals surface area (Å²) in [6.45, 7) is 8.73. The van der Waals surface area contributed by atoms with Gasteiger partial charge in [0.1, 0.15) is 0 Å². The summed E-state index contributed by atoms with van der Waals surface area (Å²) in [4.78, 5) is 0. The normalized spacial score (nSPS) is 18.7. The summed E-state index contributed by atoms with van der Waals surface area (Å²) in [6, 6.07) is 0. The van der Waals surface area contributed by atoms with Crippen molar-refractivity contribution in [2.75, 3.05) is 27.4 Å². The van der Waals surface area contributed by atoms with Crippen LogP contribution < -0.4 is 5.32 Å². The molecule has 17 heavy (non-hydrogen) atoms. The van der Waals surface area contributed by atoms with Crippen LogP contribution in [0.3, 0.4) is 0 Å². The smallest absolute Gasteiger partial charge is 0.247 e. The van der Waals surface area contributed by atoms with E-state index in [1.165, 1.54) is 0 Å². The molecule has 0 aromatic heterocycles. The lowest BCUT2D eigenvalue weighted by Gasteiger charge is -2.39. The van der Waals surface area contributed by atoms with Crippen molar-refractivity contribution in [3.05, 3.63) is 0 Å². The molecular weight excluding hydrogens is 222 g/mol. The van der Waals surface area contributed by atoms with E-state index >= 15 is 0 Å². The van der Waals surface area contributed by atoms with E-state index < -0.39 is 11.8 Å². The highest BCUT2D eigenvalue weighted by molar-refractivity contribution is 4.73. The Morgan fingerprint density at radius 3 is 1.29 bits per heavy atom. The van der Waals surface area contributed by atoms with Crippen LogP contribution in [0.4, 0.5) is 0 Å². The fourth-order valence-electron chi connectivity index (χ4n) is 1.64. The van der Waals surface area contributed by atoms with E-state index in [0.717, 1.165) is 0 Å². The van der Waals surface area contributed by atoms with E-state index in [9.17, 15) is 0 Å². The molecule has 0 rings (SSSR count). The first kappa shape index (κ1) is 16.8. The Hall–Kier alpha value is -0.200. The van der Waals surface area contributed by atoms with Crippen LogP contribution in [0.5, 0.6) is 0 Å². The second kappa shape index (κ2) is 8.00. The summed E-state index contributed by atoms with van der Waals surface area (Å²) in [5.41, 5.74) is 0. The zero-order valence-corrected chi connectivity index (χ0v) is 11.9. The van der Waals surface area contributed by atoms with Crippen LogP contribution in [0.1, 0.15) is 40.5 Å². The topological polar surface area (TPSA) is 51.0 Å². The highest BCUT2D eigenvalue weighted by Gasteiger charge is 2.42. The van der Waals surface area contributed by atoms with Crippen molar-refractivity contribution in [2.45, 2.75) is 52.4 Å². The summed E-state index contributed by atoms with van der Waals surface area (Å²) in [5.74, 6) is -2.01. The van der Waals surface area contributed by atoms with Gasteiger partial charge in [-0.25, -0.2) is 0 Å². The Bertz CT molecular complexity index is 171. The van der Waals surface area contributed by atoms with Crippen molar-refractivity contribution in [1.29, 1.82) is 0 Å². The molecule has 0 spiro atoms. The van der Waals surface area contributed by atoms with Crippen LogP contribution in [0, 0.1) is 0 Å². The molecule has 0 aliphatic heterocycles. The van der Waals surface area contributed by atoms with Gasteiger partial charge >= 0.3 is 0 Å². The Morgan fingerprint density at radius 2 is 1.12 bits per heavy atom. The largest absolute Gasteiger partial charge is 0.340 e. The van der Waals surface area contributed by atoms with E-state index in [-0.39, 0.29) is 0 Å². The molecule has 0 amide bonds. The number of hydrogen-bond donors (Lipinski definition) is 0. The molecule has 2 unspecified atom stereocenters. The molecule has 2 atom stereocenters. The SMILES string of the molecule is CCOC(CC)([N]C(CC)(OC)OCC)OC. The predicted molar refractivity (Wildman–Crippen MR) is 65.4 cm³/mol. The molecule has 1 radical (unpaired) electrons. The monoisotopic (exact) mass is 248 g/mol. The van der Waals surface area contributed by atoms with Gasteiger partial charge in [0.25, 0.3) is 0 Å². The molecule has 0 aromatic carbocycles. The summed E-state index contributed by atoms with van der Waals surface area (Å²) in [6.07, 6.45) is 1.19. The molecule has 0 aliphatic rings. The fourth-order valence-corrected chi connectivity index (χ4v) is 1.64. The Kier molecular flexibility index (Phi) is 7.91. The van der Waals surface area contributed by atoms with Crippen molar-refractivity contribution in [2.24, 2.45) is 0 Å². The maximum Gasteiger partial charge on any atom is 0.247 e. The molecule has 0 heterocycles. The van der Waals surface area contributed by atoms with Crippen molar-refractivity contribution in [1.82, 2.24) is 5.32 Å². The lowest BCUT2D eigenvalue weighted by molar-refractivity contribution is -0.335. The van der Waals surface area contributed by atoms with Crippen molar-refractivity contribution >= 4 is 0 Å². The van der Waals surface area contributed by atoms with Gasteiger partial charge in [-0.3, -0.25) is 0 Å². The van der Waals surface area contributed by atoms with Crippen LogP contribution in [0.15, 0.2) is 0 Å². The number of methoxy groups -OCH3 is 2. The zero-order valence-electron chi connectivity index (χ0n) is 11.9. The van der Waals surface area contributed by atoms with Gasteiger partial charge in [-0.15, -0.1) is 5.32 Å². The van der Waals surface area contributed by atoms with Gasteiger partial charge in [-0.1, -0.05) is 13.8 Å². The summed E-state index contributed by atoms with van der Waals surface area (Å²) >= 11 is 0. The fraction of sp³-hybridized carbons (Fsp3) is 1.00. The summed E-state index contributed by atoms with van der Waals surface area (Å²) < 4.78 is 21.9. The molecule has 0 aliphatic carbocycles. The van der Waals surface area contributed by atoms with Gasteiger partial charge in [0.15, 0.2) is 0 Å². The molecule has 0 aromatic rings. The molecule has 103 valence electrons. The van der Waals surface area contributed by atoms with Crippen LogP contribution in [-0.4, -0.2) is 39.3 Å². The number of rotatable bonds is 10. The standard InChI is InChI=1S/C12H26NO4/c1-7-11(14-5,16-9-3)13-12(8-2,15-6)17-10-4/h7-10H2,1-6H3. The van der Waals surface area contributed by atoms with Crippen LogP contribution >= 0.6 is 0 Å². The molecule has 0 bridgehead atoms. The second-order valence-electron chi connectivity index (χ2n) is 3.52. The molecule has 0 saturated heterocycles. The Balaban J connectivity index is 4.89. The molecule has 0 saturated carbocycles. The Labute approximate surface area is 105 Å². The van der Waals surface area contributed by atoms with E-state index in [2.05, 4.69) is 5.32 Å². The van der Waals surface area contributed by atoms with E-state index in [4.69, 9.17) is 18.9 Å². The van der Waals surface area contributed by atoms with Crippen LogP contribution in [0.2, 0.25) is 0 Å². The van der Waals surface area contributed by atoms with Gasteiger partial charge in [0, 0.05) is 40.3 Å². The highest BCUT2D eigenvalue weighted by Crippen LogP contribution is 2.25. The van der Waals surface area contributed by atoms with Gasteiger partial charge in [0.05, 0.1) is 0 Å². The lowest BCUT2D eigenvalue weighted by atomic mass is 10.2. The van der Waals surface area contributed by atoms with Gasteiger partial charge < -0.3 is 18.9 Å². The van der Waals surface area contributed by atoms with Crippen molar-refractivity contribution in [3.63, 3.8) is 0 Å². The minimum absolute atomic E-state index is 0.515. The zero-order chi connectivity index (χ0) is 13.4. The molecular formula is C12H26NO4. The highest BCUT2D eigenvalue weighted by atomic mass is 16.8. The average Bonchev–Trinajstić information content (AvgIpc) is 2.37. The first-order valence-electron chi connectivity index (χ1n) is 6.19. The van der Waals surface area contributed by atoms with E-state index in [0.29, 0.717) is 26.1 Å². The van der Waals surface area contributed by atoms with Gasteiger partial charge in [-0.2, -0.15) is 0 Å². The first-order chi connectivity index (χ1) is 8.07. The average molecular weight is 248 g/mol. The van der Waals surface area contributed by atoms with Crippen LogP contribution in [-0.2, 0) is 18.9 Å². The molecule has 0 fully saturated rings. The number of hydrogen-bond acceptors (Lipinski definition) is 4. The minimum Gasteiger partial charge on any atom is -0.340 e. The molecule has 0 N–H and O–H groups in total. The van der Waals surface area contributed by atoms with E-state index in [1.807, 2.05) is 27.7 Å². The van der Waals surface area contributed by atoms with Crippen molar-refractivity contribution < 1.29 is 18.9 Å². The predicted octanol–water partition coefficient (Wildman–Crippen LogP) is 2.08. The minimum atomic E-state index is -1.00. The lowest BCUT2D eigenvalue weighted by Crippen LogP contribution is -2.57. The number of nitrogens with zero attached hydrogens (tertiary/aromatic N) is 1. The molecule has 5 nitrogen and oxygen atoms in total. The summed E-state index contributed by atoms with van der Waals surface area (Å²) in [7, 11) is 3.15. The van der Waals surface area contributed by atoms with Gasteiger partial charge in [0.2, 0.25) is 11.8 Å². The first-order valence-corrected chi connectivity index (χ1v) is 6.19. The molecule has 5 heteroatoms. The summed E-state index contributed by atoms with van der Waals surface area (Å²) in [5, 5.41) is 4.50. The maximum absolute atomic E-state index is 5.58. The number of ether oxygens (including phenoxy) is 4. The van der Waals surface area contributed by atoms with Crippen molar-refractivity contribution in [3.8, 4) is 0 Å². The van der Waals surface area contributed by atoms with Gasteiger partial charge in [-0.05, 0) is 13.8 Å². The quantitative estimate of drug-likeness (QED) is 0.555. The second-order valence-corrected chi connectivity index (χ2v) is 3.52.